The second kappa shape index (κ2) is 7.57. The van der Waals surface area contributed by atoms with Crippen LogP contribution in [0.2, 0.25) is 0 Å². The first-order valence-corrected chi connectivity index (χ1v) is 10.1. The van der Waals surface area contributed by atoms with E-state index in [0.717, 1.165) is 0 Å². The van der Waals surface area contributed by atoms with Gasteiger partial charge in [0.1, 0.15) is 17.1 Å². The fraction of sp³-hybridized carbons (Fsp3) is 0.304. The first kappa shape index (κ1) is 18.8. The Balaban J connectivity index is 1.42. The molecular weight excluding hydrogens is 387 g/mol. The van der Waals surface area contributed by atoms with Crippen LogP contribution in [0.1, 0.15) is 28.5 Å². The summed E-state index contributed by atoms with van der Waals surface area (Å²) in [4.78, 5) is 27.7. The summed E-state index contributed by atoms with van der Waals surface area (Å²) in [7, 11) is 0. The molecule has 1 aliphatic carbocycles. The van der Waals surface area contributed by atoms with Gasteiger partial charge in [-0.15, -0.1) is 0 Å². The van der Waals surface area contributed by atoms with Gasteiger partial charge in [-0.1, -0.05) is 30.3 Å². The highest BCUT2D eigenvalue weighted by Gasteiger charge is 2.45. The minimum atomic E-state index is -0.332. The van der Waals surface area contributed by atoms with E-state index in [1.165, 1.54) is 6.07 Å². The number of hydrogen-bond acceptors (Lipinski definition) is 4. The molecule has 1 aliphatic heterocycles. The third-order valence-electron chi connectivity index (χ3n) is 5.77. The molecular formula is C23H21FN2O4. The van der Waals surface area contributed by atoms with Crippen molar-refractivity contribution in [2.24, 2.45) is 5.92 Å². The zero-order valence-corrected chi connectivity index (χ0v) is 16.3. The monoisotopic (exact) mass is 408 g/mol. The van der Waals surface area contributed by atoms with Crippen molar-refractivity contribution in [3.8, 4) is 0 Å². The number of morpholine rings is 1. The average molecular weight is 408 g/mol. The van der Waals surface area contributed by atoms with Crippen LogP contribution in [-0.2, 0) is 9.53 Å². The standard InChI is InChI=1S/C23H21FN2O4/c24-18-7-3-1-5-14(18)16-13-17(16)22(27)25-20-15-6-2-4-8-19(15)30-21(20)23(28)26-9-11-29-12-10-26/h1-8,16-17H,9-13H2,(H,25,27). The molecule has 1 aromatic heterocycles. The van der Waals surface area contributed by atoms with E-state index >= 15 is 0 Å². The molecule has 2 aromatic carbocycles. The van der Waals surface area contributed by atoms with E-state index in [1.807, 2.05) is 18.2 Å². The van der Waals surface area contributed by atoms with Crippen LogP contribution >= 0.6 is 0 Å². The zero-order chi connectivity index (χ0) is 20.7. The van der Waals surface area contributed by atoms with Crippen LogP contribution in [0.5, 0.6) is 0 Å². The third-order valence-corrected chi connectivity index (χ3v) is 5.77. The van der Waals surface area contributed by atoms with Gasteiger partial charge in [-0.25, -0.2) is 4.39 Å². The number of furan rings is 1. The summed E-state index contributed by atoms with van der Waals surface area (Å²) in [6.45, 7) is 1.89. The summed E-state index contributed by atoms with van der Waals surface area (Å²) in [6, 6.07) is 13.8. The largest absolute Gasteiger partial charge is 0.449 e. The second-order valence-electron chi connectivity index (χ2n) is 7.67. The first-order valence-electron chi connectivity index (χ1n) is 10.1. The highest BCUT2D eigenvalue weighted by Crippen LogP contribution is 2.49. The van der Waals surface area contributed by atoms with Crippen LogP contribution in [0.25, 0.3) is 11.0 Å². The number of halogens is 1. The molecule has 1 N–H and O–H groups in total. The Morgan fingerprint density at radius 2 is 1.77 bits per heavy atom. The molecule has 0 bridgehead atoms. The minimum Gasteiger partial charge on any atom is -0.449 e. The number of nitrogens with one attached hydrogen (secondary N) is 1. The number of fused-ring (bicyclic) bond motifs is 1. The second-order valence-corrected chi connectivity index (χ2v) is 7.67. The quantitative estimate of drug-likeness (QED) is 0.713. The number of hydrogen-bond donors (Lipinski definition) is 1. The van der Waals surface area contributed by atoms with Crippen LogP contribution in [0.15, 0.2) is 52.9 Å². The Bertz CT molecular complexity index is 1120. The number of rotatable bonds is 4. The molecule has 30 heavy (non-hydrogen) atoms. The highest BCUT2D eigenvalue weighted by molar-refractivity contribution is 6.11. The Labute approximate surface area is 172 Å². The number of ether oxygens (including phenoxy) is 1. The Kier molecular flexibility index (Phi) is 4.75. The molecule has 2 heterocycles. The molecule has 2 aliphatic rings. The summed E-state index contributed by atoms with van der Waals surface area (Å²) in [5, 5.41) is 3.57. The summed E-state index contributed by atoms with van der Waals surface area (Å²) < 4.78 is 25.2. The lowest BCUT2D eigenvalue weighted by molar-refractivity contribution is -0.117. The average Bonchev–Trinajstić information content (AvgIpc) is 3.50. The van der Waals surface area contributed by atoms with Crippen LogP contribution in [-0.4, -0.2) is 43.0 Å². The molecule has 5 rings (SSSR count). The smallest absolute Gasteiger partial charge is 0.291 e. The van der Waals surface area contributed by atoms with Gasteiger partial charge in [0.15, 0.2) is 0 Å². The molecule has 1 saturated carbocycles. The van der Waals surface area contributed by atoms with E-state index < -0.39 is 0 Å². The molecule has 3 aromatic rings. The van der Waals surface area contributed by atoms with Crippen molar-refractivity contribution in [3.05, 3.63) is 65.7 Å². The lowest BCUT2D eigenvalue weighted by Crippen LogP contribution is -2.40. The van der Waals surface area contributed by atoms with Gasteiger partial charge in [-0.3, -0.25) is 9.59 Å². The number of amides is 2. The van der Waals surface area contributed by atoms with Crippen LogP contribution in [0, 0.1) is 11.7 Å². The highest BCUT2D eigenvalue weighted by atomic mass is 19.1. The van der Waals surface area contributed by atoms with Gasteiger partial charge in [0.25, 0.3) is 5.91 Å². The maximum atomic E-state index is 14.1. The Morgan fingerprint density at radius 3 is 2.57 bits per heavy atom. The molecule has 0 spiro atoms. The van der Waals surface area contributed by atoms with E-state index in [9.17, 15) is 14.0 Å². The third kappa shape index (κ3) is 3.35. The van der Waals surface area contributed by atoms with E-state index in [4.69, 9.17) is 9.15 Å². The van der Waals surface area contributed by atoms with E-state index in [0.29, 0.717) is 54.9 Å². The van der Waals surface area contributed by atoms with Crippen molar-refractivity contribution < 1.29 is 23.1 Å². The van der Waals surface area contributed by atoms with Gasteiger partial charge in [-0.2, -0.15) is 0 Å². The van der Waals surface area contributed by atoms with E-state index in [1.54, 1.807) is 29.2 Å². The van der Waals surface area contributed by atoms with Crippen LogP contribution < -0.4 is 5.32 Å². The van der Waals surface area contributed by atoms with Crippen molar-refractivity contribution in [3.63, 3.8) is 0 Å². The van der Waals surface area contributed by atoms with Crippen molar-refractivity contribution in [2.75, 3.05) is 31.6 Å². The van der Waals surface area contributed by atoms with Crippen molar-refractivity contribution in [1.82, 2.24) is 4.90 Å². The topological polar surface area (TPSA) is 71.8 Å². The fourth-order valence-corrected chi connectivity index (χ4v) is 4.05. The molecule has 6 nitrogen and oxygen atoms in total. The normalized spacial score (nSPS) is 20.9. The maximum absolute atomic E-state index is 14.1. The summed E-state index contributed by atoms with van der Waals surface area (Å²) in [5.74, 6) is -1.16. The van der Waals surface area contributed by atoms with Gasteiger partial charge in [0, 0.05) is 24.4 Å². The van der Waals surface area contributed by atoms with Gasteiger partial charge in [-0.05, 0) is 36.1 Å². The van der Waals surface area contributed by atoms with E-state index in [-0.39, 0.29) is 35.2 Å². The van der Waals surface area contributed by atoms with Gasteiger partial charge < -0.3 is 19.4 Å². The molecule has 0 radical (unpaired) electrons. The molecule has 2 amide bonds. The molecule has 7 heteroatoms. The minimum absolute atomic E-state index is 0.120. The lowest BCUT2D eigenvalue weighted by atomic mass is 10.1. The van der Waals surface area contributed by atoms with Gasteiger partial charge >= 0.3 is 0 Å². The fourth-order valence-electron chi connectivity index (χ4n) is 4.05. The number of carbonyl (C=O) groups excluding carboxylic acids is 2. The number of nitrogens with zero attached hydrogens (tertiary/aromatic N) is 1. The Hall–Kier alpha value is -3.19. The number of para-hydroxylation sites is 1. The maximum Gasteiger partial charge on any atom is 0.291 e. The summed E-state index contributed by atoms with van der Waals surface area (Å²) in [5.41, 5.74) is 1.47. The van der Waals surface area contributed by atoms with Gasteiger partial charge in [0.2, 0.25) is 11.7 Å². The van der Waals surface area contributed by atoms with Crippen molar-refractivity contribution >= 4 is 28.5 Å². The van der Waals surface area contributed by atoms with Crippen LogP contribution in [0.4, 0.5) is 10.1 Å². The van der Waals surface area contributed by atoms with Gasteiger partial charge in [0.05, 0.1) is 13.2 Å². The van der Waals surface area contributed by atoms with E-state index in [2.05, 4.69) is 5.32 Å². The zero-order valence-electron chi connectivity index (χ0n) is 16.3. The van der Waals surface area contributed by atoms with Crippen molar-refractivity contribution in [1.29, 1.82) is 0 Å². The molecule has 154 valence electrons. The number of carbonyl (C=O) groups is 2. The molecule has 2 fully saturated rings. The SMILES string of the molecule is O=C(Nc1c(C(=O)N2CCOCC2)oc2ccccc12)C1CC1c1ccccc1F. The summed E-state index contributed by atoms with van der Waals surface area (Å²) >= 11 is 0. The van der Waals surface area contributed by atoms with Crippen LogP contribution in [0.3, 0.4) is 0 Å². The lowest BCUT2D eigenvalue weighted by Gasteiger charge is -2.26. The first-order chi connectivity index (χ1) is 14.6. The molecule has 1 saturated heterocycles. The van der Waals surface area contributed by atoms with Crippen molar-refractivity contribution in [2.45, 2.75) is 12.3 Å². The summed E-state index contributed by atoms with van der Waals surface area (Å²) in [6.07, 6.45) is 0.579. The molecule has 2 atom stereocenters. The predicted molar refractivity (Wildman–Crippen MR) is 109 cm³/mol. The Morgan fingerprint density at radius 1 is 1.03 bits per heavy atom. The number of benzene rings is 2. The molecule has 2 unspecified atom stereocenters. The predicted octanol–water partition coefficient (Wildman–Crippen LogP) is 3.79. The number of anilines is 1.